The molecule has 0 aliphatic heterocycles. The summed E-state index contributed by atoms with van der Waals surface area (Å²) in [5, 5.41) is 13.7. The predicted molar refractivity (Wildman–Crippen MR) is 64.7 cm³/mol. The molecule has 2 rings (SSSR count). The lowest BCUT2D eigenvalue weighted by molar-refractivity contribution is -0.136. The summed E-state index contributed by atoms with van der Waals surface area (Å²) in [6.07, 6.45) is 1.71. The molecule has 0 saturated heterocycles. The quantitative estimate of drug-likeness (QED) is 0.910. The van der Waals surface area contributed by atoms with Crippen LogP contribution in [0.1, 0.15) is 11.3 Å². The van der Waals surface area contributed by atoms with Gasteiger partial charge in [0, 0.05) is 16.8 Å². The maximum Gasteiger partial charge on any atom is 0.307 e. The first kappa shape index (κ1) is 11.7. The molecule has 1 aromatic heterocycles. The van der Waals surface area contributed by atoms with Gasteiger partial charge >= 0.3 is 5.97 Å². The molecule has 1 heterocycles. The molecule has 1 N–H and O–H groups in total. The molecule has 5 heteroatoms. The van der Waals surface area contributed by atoms with E-state index in [1.165, 1.54) is 0 Å². The summed E-state index contributed by atoms with van der Waals surface area (Å²) in [4.78, 5) is 10.7. The summed E-state index contributed by atoms with van der Waals surface area (Å²) in [7, 11) is 0. The Labute approximate surface area is 103 Å². The molecule has 0 radical (unpaired) electrons. The van der Waals surface area contributed by atoms with Gasteiger partial charge in [0.2, 0.25) is 0 Å². The van der Waals surface area contributed by atoms with Crippen molar-refractivity contribution in [1.82, 2.24) is 9.78 Å². The molecule has 0 aliphatic carbocycles. The molecule has 2 aromatic rings. The van der Waals surface area contributed by atoms with Crippen LogP contribution in [0.2, 0.25) is 5.02 Å². The Morgan fingerprint density at radius 2 is 2.06 bits per heavy atom. The Morgan fingerprint density at radius 1 is 1.41 bits per heavy atom. The number of hydrogen-bond acceptors (Lipinski definition) is 2. The van der Waals surface area contributed by atoms with Crippen LogP contribution in [0.15, 0.2) is 30.5 Å². The van der Waals surface area contributed by atoms with Gasteiger partial charge in [-0.05, 0) is 31.2 Å². The van der Waals surface area contributed by atoms with Crippen molar-refractivity contribution < 1.29 is 9.90 Å². The van der Waals surface area contributed by atoms with Crippen LogP contribution in [0.5, 0.6) is 0 Å². The fourth-order valence-corrected chi connectivity index (χ4v) is 1.68. The minimum absolute atomic E-state index is 0.0145. The first-order valence-electron chi connectivity index (χ1n) is 5.09. The topological polar surface area (TPSA) is 55.1 Å². The van der Waals surface area contributed by atoms with Crippen LogP contribution in [0.25, 0.3) is 5.69 Å². The van der Waals surface area contributed by atoms with Gasteiger partial charge in [-0.15, -0.1) is 0 Å². The highest BCUT2D eigenvalue weighted by Crippen LogP contribution is 2.15. The third-order valence-corrected chi connectivity index (χ3v) is 2.69. The molecule has 0 bridgehead atoms. The van der Waals surface area contributed by atoms with E-state index in [4.69, 9.17) is 16.7 Å². The molecular weight excluding hydrogens is 240 g/mol. The number of aliphatic carboxylic acids is 1. The third-order valence-electron chi connectivity index (χ3n) is 2.43. The number of halogens is 1. The predicted octanol–water partition coefficient (Wildman–Crippen LogP) is 2.46. The van der Waals surface area contributed by atoms with Gasteiger partial charge in [-0.3, -0.25) is 4.79 Å². The Bertz CT molecular complexity index is 546. The summed E-state index contributed by atoms with van der Waals surface area (Å²) in [6, 6.07) is 7.20. The van der Waals surface area contributed by atoms with Gasteiger partial charge in [0.25, 0.3) is 0 Å². The van der Waals surface area contributed by atoms with E-state index < -0.39 is 5.97 Å². The minimum Gasteiger partial charge on any atom is -0.481 e. The largest absolute Gasteiger partial charge is 0.481 e. The lowest BCUT2D eigenvalue weighted by Gasteiger charge is -2.00. The van der Waals surface area contributed by atoms with Gasteiger partial charge in [-0.2, -0.15) is 5.10 Å². The van der Waals surface area contributed by atoms with E-state index in [1.807, 2.05) is 12.1 Å². The number of carboxylic acid groups (broad SMARTS) is 1. The number of hydrogen-bond donors (Lipinski definition) is 1. The maximum absolute atomic E-state index is 10.7. The smallest absolute Gasteiger partial charge is 0.307 e. The van der Waals surface area contributed by atoms with Gasteiger partial charge in [0.1, 0.15) is 0 Å². The van der Waals surface area contributed by atoms with E-state index in [9.17, 15) is 4.79 Å². The minimum atomic E-state index is -0.858. The first-order chi connectivity index (χ1) is 8.06. The fourth-order valence-electron chi connectivity index (χ4n) is 1.56. The maximum atomic E-state index is 10.7. The second kappa shape index (κ2) is 4.59. The second-order valence-corrected chi connectivity index (χ2v) is 4.17. The molecule has 0 amide bonds. The highest BCUT2D eigenvalue weighted by molar-refractivity contribution is 6.30. The van der Waals surface area contributed by atoms with Crippen LogP contribution >= 0.6 is 11.6 Å². The van der Waals surface area contributed by atoms with Crippen LogP contribution in [0.4, 0.5) is 0 Å². The van der Waals surface area contributed by atoms with E-state index in [-0.39, 0.29) is 6.42 Å². The monoisotopic (exact) mass is 250 g/mol. The standard InChI is InChI=1S/C12H11ClN2O2/c1-8-9(6-12(16)17)7-15(14-8)11-4-2-10(13)3-5-11/h2-5,7H,6H2,1H3,(H,16,17). The summed E-state index contributed by atoms with van der Waals surface area (Å²) in [5.41, 5.74) is 2.30. The van der Waals surface area contributed by atoms with Crippen molar-refractivity contribution in [1.29, 1.82) is 0 Å². The van der Waals surface area contributed by atoms with Crippen molar-refractivity contribution in [2.45, 2.75) is 13.3 Å². The van der Waals surface area contributed by atoms with Crippen molar-refractivity contribution in [3.8, 4) is 5.69 Å². The molecule has 0 aliphatic rings. The molecule has 0 atom stereocenters. The molecule has 88 valence electrons. The summed E-state index contributed by atoms with van der Waals surface area (Å²) < 4.78 is 1.66. The lowest BCUT2D eigenvalue weighted by Crippen LogP contribution is -2.00. The normalized spacial score (nSPS) is 10.5. The van der Waals surface area contributed by atoms with Crippen molar-refractivity contribution in [2.24, 2.45) is 0 Å². The Kier molecular flexibility index (Phi) is 3.15. The second-order valence-electron chi connectivity index (χ2n) is 3.73. The molecule has 17 heavy (non-hydrogen) atoms. The number of aromatic nitrogens is 2. The number of carbonyl (C=O) groups is 1. The zero-order chi connectivity index (χ0) is 12.4. The lowest BCUT2D eigenvalue weighted by atomic mass is 10.2. The van der Waals surface area contributed by atoms with E-state index in [0.717, 1.165) is 11.4 Å². The van der Waals surface area contributed by atoms with E-state index in [0.29, 0.717) is 10.6 Å². The zero-order valence-corrected chi connectivity index (χ0v) is 9.98. The van der Waals surface area contributed by atoms with Crippen molar-refractivity contribution in [2.75, 3.05) is 0 Å². The van der Waals surface area contributed by atoms with Crippen molar-refractivity contribution in [3.05, 3.63) is 46.7 Å². The van der Waals surface area contributed by atoms with Crippen LogP contribution in [-0.2, 0) is 11.2 Å². The highest BCUT2D eigenvalue weighted by Gasteiger charge is 2.09. The Balaban J connectivity index is 2.34. The molecule has 0 unspecified atom stereocenters. The summed E-state index contributed by atoms with van der Waals surface area (Å²) >= 11 is 5.80. The molecule has 1 aromatic carbocycles. The molecular formula is C12H11ClN2O2. The SMILES string of the molecule is Cc1nn(-c2ccc(Cl)cc2)cc1CC(=O)O. The van der Waals surface area contributed by atoms with E-state index in [1.54, 1.807) is 29.9 Å². The number of carboxylic acids is 1. The van der Waals surface area contributed by atoms with Crippen LogP contribution in [0, 0.1) is 6.92 Å². The average molecular weight is 251 g/mol. The van der Waals surface area contributed by atoms with Gasteiger partial charge in [0.15, 0.2) is 0 Å². The van der Waals surface area contributed by atoms with Gasteiger partial charge < -0.3 is 5.11 Å². The molecule has 0 saturated carbocycles. The van der Waals surface area contributed by atoms with E-state index in [2.05, 4.69) is 5.10 Å². The molecule has 4 nitrogen and oxygen atoms in total. The van der Waals surface area contributed by atoms with Crippen LogP contribution < -0.4 is 0 Å². The van der Waals surface area contributed by atoms with Crippen molar-refractivity contribution >= 4 is 17.6 Å². The zero-order valence-electron chi connectivity index (χ0n) is 9.22. The van der Waals surface area contributed by atoms with Gasteiger partial charge in [-0.1, -0.05) is 11.6 Å². The number of rotatable bonds is 3. The summed E-state index contributed by atoms with van der Waals surface area (Å²) in [5.74, 6) is -0.858. The average Bonchev–Trinajstić information content (AvgIpc) is 2.60. The molecule has 0 spiro atoms. The third kappa shape index (κ3) is 2.65. The van der Waals surface area contributed by atoms with Crippen LogP contribution in [-0.4, -0.2) is 20.9 Å². The Morgan fingerprint density at radius 3 is 2.65 bits per heavy atom. The van der Waals surface area contributed by atoms with E-state index >= 15 is 0 Å². The molecule has 0 fully saturated rings. The number of benzene rings is 1. The Hall–Kier alpha value is -1.81. The number of aryl methyl sites for hydroxylation is 1. The fraction of sp³-hybridized carbons (Fsp3) is 0.167. The first-order valence-corrected chi connectivity index (χ1v) is 5.47. The summed E-state index contributed by atoms with van der Waals surface area (Å²) in [6.45, 7) is 1.80. The highest BCUT2D eigenvalue weighted by atomic mass is 35.5. The number of nitrogens with zero attached hydrogens (tertiary/aromatic N) is 2. The van der Waals surface area contributed by atoms with Crippen LogP contribution in [0.3, 0.4) is 0 Å². The van der Waals surface area contributed by atoms with Crippen molar-refractivity contribution in [3.63, 3.8) is 0 Å². The van der Waals surface area contributed by atoms with Gasteiger partial charge in [-0.25, -0.2) is 4.68 Å². The van der Waals surface area contributed by atoms with Gasteiger partial charge in [0.05, 0.1) is 17.8 Å².